The maximum Gasteiger partial charge on any atom is 0.311 e. The lowest BCUT2D eigenvalue weighted by Crippen LogP contribution is -2.46. The lowest BCUT2D eigenvalue weighted by Gasteiger charge is -2.27. The van der Waals surface area contributed by atoms with Crippen LogP contribution in [0.2, 0.25) is 0 Å². The molecule has 7 nitrogen and oxygen atoms in total. The Morgan fingerprint density at radius 3 is 2.29 bits per heavy atom. The predicted octanol–water partition coefficient (Wildman–Crippen LogP) is 1.61. The largest absolute Gasteiger partial charge is 0.462 e. The number of esters is 1. The Labute approximate surface area is 143 Å². The van der Waals surface area contributed by atoms with Crippen molar-refractivity contribution in [2.45, 2.75) is 84.5 Å². The Bertz CT molecular complexity index is 466. The molecule has 2 aliphatic rings. The molecule has 0 aromatic heterocycles. The molecule has 0 aromatic rings. The monoisotopic (exact) mass is 346 g/mol. The summed E-state index contributed by atoms with van der Waals surface area (Å²) >= 11 is 0. The molecule has 2 fully saturated rings. The van der Waals surface area contributed by atoms with Crippen molar-refractivity contribution in [3.63, 3.8) is 0 Å². The van der Waals surface area contributed by atoms with E-state index in [-0.39, 0.29) is 19.2 Å². The first-order chi connectivity index (χ1) is 10.8. The first-order valence-corrected chi connectivity index (χ1v) is 8.33. The molecule has 0 amide bonds. The molecule has 0 spiro atoms. The van der Waals surface area contributed by atoms with E-state index in [1.165, 1.54) is 0 Å². The molecule has 4 unspecified atom stereocenters. The Balaban J connectivity index is 2.02. The third kappa shape index (κ3) is 4.67. The summed E-state index contributed by atoms with van der Waals surface area (Å²) in [5, 5.41) is 10.7. The average Bonchev–Trinajstić information content (AvgIpc) is 2.93. The normalized spacial score (nSPS) is 33.4. The van der Waals surface area contributed by atoms with E-state index in [2.05, 4.69) is 0 Å². The fraction of sp³-hybridized carbons (Fsp3) is 0.941. The molecule has 0 saturated carbocycles. The number of ether oxygens (including phenoxy) is 5. The van der Waals surface area contributed by atoms with Crippen LogP contribution in [0.15, 0.2) is 0 Å². The maximum atomic E-state index is 12.0. The number of aliphatic hydroxyl groups is 1. The van der Waals surface area contributed by atoms with Crippen LogP contribution in [0.4, 0.5) is 0 Å². The molecule has 24 heavy (non-hydrogen) atoms. The minimum absolute atomic E-state index is 0.0121. The van der Waals surface area contributed by atoms with Gasteiger partial charge in [0, 0.05) is 0 Å². The summed E-state index contributed by atoms with van der Waals surface area (Å²) < 4.78 is 28.2. The van der Waals surface area contributed by atoms with Gasteiger partial charge in [0.1, 0.15) is 31.0 Å². The van der Waals surface area contributed by atoms with Crippen molar-refractivity contribution in [3.05, 3.63) is 0 Å². The number of hydrogen-bond acceptors (Lipinski definition) is 7. The summed E-state index contributed by atoms with van der Waals surface area (Å²) in [6.07, 6.45) is -2.72. The second-order valence-corrected chi connectivity index (χ2v) is 8.34. The standard InChI is InChI=1S/C17H30O7/c1-15(2,3)14(19)20-8-11-13(24-17(6,7)23-11)12(18)10-9-21-16(4,5)22-10/h10-13,18H,8-9H2,1-7H3. The van der Waals surface area contributed by atoms with Gasteiger partial charge in [-0.25, -0.2) is 0 Å². The molecular formula is C17H30O7. The van der Waals surface area contributed by atoms with Gasteiger partial charge >= 0.3 is 5.97 Å². The van der Waals surface area contributed by atoms with Crippen LogP contribution in [0.3, 0.4) is 0 Å². The Morgan fingerprint density at radius 2 is 1.79 bits per heavy atom. The van der Waals surface area contributed by atoms with Crippen LogP contribution in [-0.4, -0.2) is 60.3 Å². The second kappa shape index (κ2) is 6.53. The number of carbonyl (C=O) groups is 1. The van der Waals surface area contributed by atoms with E-state index in [1.54, 1.807) is 48.5 Å². The summed E-state index contributed by atoms with van der Waals surface area (Å²) in [5.74, 6) is -1.94. The molecule has 2 heterocycles. The van der Waals surface area contributed by atoms with E-state index in [0.717, 1.165) is 0 Å². The molecular weight excluding hydrogens is 316 g/mol. The maximum absolute atomic E-state index is 12.0. The zero-order chi connectivity index (χ0) is 18.3. The lowest BCUT2D eigenvalue weighted by molar-refractivity contribution is -0.179. The van der Waals surface area contributed by atoms with Crippen molar-refractivity contribution in [2.75, 3.05) is 13.2 Å². The summed E-state index contributed by atoms with van der Waals surface area (Å²) in [7, 11) is 0. The van der Waals surface area contributed by atoms with E-state index < -0.39 is 41.4 Å². The smallest absolute Gasteiger partial charge is 0.311 e. The van der Waals surface area contributed by atoms with Crippen LogP contribution >= 0.6 is 0 Å². The van der Waals surface area contributed by atoms with Gasteiger partial charge in [-0.2, -0.15) is 0 Å². The van der Waals surface area contributed by atoms with Crippen LogP contribution in [0.5, 0.6) is 0 Å². The minimum atomic E-state index is -0.952. The van der Waals surface area contributed by atoms with E-state index in [9.17, 15) is 9.90 Å². The van der Waals surface area contributed by atoms with Gasteiger partial charge in [0.15, 0.2) is 11.6 Å². The van der Waals surface area contributed by atoms with Gasteiger partial charge in [-0.15, -0.1) is 0 Å². The minimum Gasteiger partial charge on any atom is -0.462 e. The highest BCUT2D eigenvalue weighted by Crippen LogP contribution is 2.34. The van der Waals surface area contributed by atoms with Crippen LogP contribution in [0.25, 0.3) is 0 Å². The summed E-state index contributed by atoms with van der Waals surface area (Å²) in [6.45, 7) is 12.7. The molecule has 0 aromatic carbocycles. The Morgan fingerprint density at radius 1 is 1.17 bits per heavy atom. The fourth-order valence-corrected chi connectivity index (χ4v) is 2.75. The highest BCUT2D eigenvalue weighted by atomic mass is 16.8. The number of hydrogen-bond donors (Lipinski definition) is 1. The van der Waals surface area contributed by atoms with Crippen molar-refractivity contribution in [3.8, 4) is 0 Å². The molecule has 7 heteroatoms. The van der Waals surface area contributed by atoms with Gasteiger partial charge in [0.2, 0.25) is 0 Å². The molecule has 0 bridgehead atoms. The topological polar surface area (TPSA) is 83.5 Å². The predicted molar refractivity (Wildman–Crippen MR) is 85.1 cm³/mol. The van der Waals surface area contributed by atoms with Crippen molar-refractivity contribution in [1.29, 1.82) is 0 Å². The van der Waals surface area contributed by atoms with Gasteiger partial charge in [0.05, 0.1) is 12.0 Å². The van der Waals surface area contributed by atoms with E-state index in [0.29, 0.717) is 0 Å². The zero-order valence-corrected chi connectivity index (χ0v) is 15.6. The van der Waals surface area contributed by atoms with E-state index in [4.69, 9.17) is 23.7 Å². The molecule has 2 aliphatic heterocycles. The molecule has 4 atom stereocenters. The van der Waals surface area contributed by atoms with Crippen LogP contribution < -0.4 is 0 Å². The third-order valence-electron chi connectivity index (χ3n) is 3.96. The SMILES string of the molecule is CC1(C)OCC(C(O)C2OC(C)(C)OC2COC(=O)C(C)(C)C)O1. The number of carbonyl (C=O) groups excluding carboxylic acids is 1. The highest BCUT2D eigenvalue weighted by molar-refractivity contribution is 5.75. The molecule has 1 N–H and O–H groups in total. The van der Waals surface area contributed by atoms with Crippen molar-refractivity contribution in [2.24, 2.45) is 5.41 Å². The molecule has 0 radical (unpaired) electrons. The average molecular weight is 346 g/mol. The van der Waals surface area contributed by atoms with Crippen molar-refractivity contribution >= 4 is 5.97 Å². The van der Waals surface area contributed by atoms with Crippen molar-refractivity contribution < 1.29 is 33.6 Å². The van der Waals surface area contributed by atoms with Gasteiger partial charge in [-0.05, 0) is 48.5 Å². The van der Waals surface area contributed by atoms with Crippen LogP contribution in [0, 0.1) is 5.41 Å². The van der Waals surface area contributed by atoms with Gasteiger partial charge in [-0.1, -0.05) is 0 Å². The fourth-order valence-electron chi connectivity index (χ4n) is 2.75. The quantitative estimate of drug-likeness (QED) is 0.774. The molecule has 2 saturated heterocycles. The zero-order valence-electron chi connectivity index (χ0n) is 15.6. The Hall–Kier alpha value is -0.730. The van der Waals surface area contributed by atoms with Gasteiger partial charge in [-0.3, -0.25) is 4.79 Å². The van der Waals surface area contributed by atoms with Crippen LogP contribution in [-0.2, 0) is 28.5 Å². The van der Waals surface area contributed by atoms with E-state index >= 15 is 0 Å². The highest BCUT2D eigenvalue weighted by Gasteiger charge is 2.50. The number of rotatable bonds is 4. The Kier molecular flexibility index (Phi) is 5.33. The summed E-state index contributed by atoms with van der Waals surface area (Å²) in [4.78, 5) is 12.0. The van der Waals surface area contributed by atoms with Gasteiger partial charge in [0.25, 0.3) is 0 Å². The van der Waals surface area contributed by atoms with E-state index in [1.807, 2.05) is 0 Å². The summed E-state index contributed by atoms with van der Waals surface area (Å²) in [5.41, 5.74) is -0.602. The molecule has 0 aliphatic carbocycles. The number of aliphatic hydroxyl groups excluding tert-OH is 1. The summed E-state index contributed by atoms with van der Waals surface area (Å²) in [6, 6.07) is 0. The molecule has 2 rings (SSSR count). The van der Waals surface area contributed by atoms with Crippen LogP contribution in [0.1, 0.15) is 48.5 Å². The van der Waals surface area contributed by atoms with Gasteiger partial charge < -0.3 is 28.8 Å². The second-order valence-electron chi connectivity index (χ2n) is 8.34. The first kappa shape index (κ1) is 19.6. The van der Waals surface area contributed by atoms with Crippen molar-refractivity contribution in [1.82, 2.24) is 0 Å². The lowest BCUT2D eigenvalue weighted by atomic mass is 9.97. The first-order valence-electron chi connectivity index (χ1n) is 8.33. The third-order valence-corrected chi connectivity index (χ3v) is 3.96. The molecule has 140 valence electrons.